The van der Waals surface area contributed by atoms with Crippen molar-refractivity contribution in [2.75, 3.05) is 19.5 Å². The minimum absolute atomic E-state index is 0.207. The maximum atomic E-state index is 6.32. The van der Waals surface area contributed by atoms with Crippen LogP contribution in [0.3, 0.4) is 0 Å². The van der Waals surface area contributed by atoms with E-state index in [9.17, 15) is 0 Å². The summed E-state index contributed by atoms with van der Waals surface area (Å²) in [4.78, 5) is 0. The third-order valence-corrected chi connectivity index (χ3v) is 4.35. The molecule has 0 saturated carbocycles. The number of hydrogen-bond donors (Lipinski definition) is 1. The molecule has 1 aliphatic heterocycles. The molecule has 21 heavy (non-hydrogen) atoms. The molecule has 0 saturated heterocycles. The molecule has 0 fully saturated rings. The fourth-order valence-electron chi connectivity index (χ4n) is 2.84. The van der Waals surface area contributed by atoms with Crippen LogP contribution in [-0.4, -0.2) is 14.2 Å². The highest BCUT2D eigenvalue weighted by molar-refractivity contribution is 6.31. The third-order valence-electron chi connectivity index (χ3n) is 4.00. The number of nitrogens with one attached hydrogen (secondary N) is 1. The van der Waals surface area contributed by atoms with Crippen molar-refractivity contribution >= 4 is 17.3 Å². The molecule has 2 aromatic carbocycles. The number of ether oxygens (including phenoxy) is 2. The minimum Gasteiger partial charge on any atom is -0.493 e. The SMILES string of the molecule is COc1ccc(C2Cc3c(Cl)ccc(C)c3N2)cc1OC. The molecule has 2 aromatic rings. The first kappa shape index (κ1) is 14.1. The molecule has 1 N–H and O–H groups in total. The number of anilines is 1. The second-order valence-electron chi connectivity index (χ2n) is 5.23. The lowest BCUT2D eigenvalue weighted by Crippen LogP contribution is -2.06. The lowest BCUT2D eigenvalue weighted by Gasteiger charge is -2.15. The molecule has 1 aliphatic rings. The first-order valence-corrected chi connectivity index (χ1v) is 7.28. The van der Waals surface area contributed by atoms with Crippen molar-refractivity contribution in [1.29, 1.82) is 0 Å². The van der Waals surface area contributed by atoms with Gasteiger partial charge in [0.25, 0.3) is 0 Å². The predicted molar refractivity (Wildman–Crippen MR) is 85.8 cm³/mol. The van der Waals surface area contributed by atoms with Crippen LogP contribution in [-0.2, 0) is 6.42 Å². The Balaban J connectivity index is 1.94. The number of halogens is 1. The molecule has 0 radical (unpaired) electrons. The predicted octanol–water partition coefficient (Wildman–Crippen LogP) is 4.37. The average molecular weight is 304 g/mol. The molecule has 3 nitrogen and oxygen atoms in total. The summed E-state index contributed by atoms with van der Waals surface area (Å²) in [5.41, 5.74) is 4.73. The molecule has 0 spiro atoms. The van der Waals surface area contributed by atoms with Crippen LogP contribution < -0.4 is 14.8 Å². The second-order valence-corrected chi connectivity index (χ2v) is 5.64. The van der Waals surface area contributed by atoms with E-state index in [0.29, 0.717) is 0 Å². The Morgan fingerprint density at radius 2 is 1.86 bits per heavy atom. The molecule has 1 atom stereocenters. The van der Waals surface area contributed by atoms with Crippen LogP contribution in [0.4, 0.5) is 5.69 Å². The third kappa shape index (κ3) is 2.42. The molecule has 1 unspecified atom stereocenters. The molecular formula is C17H18ClNO2. The van der Waals surface area contributed by atoms with Gasteiger partial charge in [0.15, 0.2) is 11.5 Å². The number of fused-ring (bicyclic) bond motifs is 1. The van der Waals surface area contributed by atoms with Crippen LogP contribution in [0.2, 0.25) is 5.02 Å². The van der Waals surface area contributed by atoms with E-state index in [0.717, 1.165) is 28.6 Å². The van der Waals surface area contributed by atoms with E-state index in [4.69, 9.17) is 21.1 Å². The molecule has 0 amide bonds. The van der Waals surface area contributed by atoms with E-state index < -0.39 is 0 Å². The van der Waals surface area contributed by atoms with Crippen molar-refractivity contribution in [3.63, 3.8) is 0 Å². The number of aryl methyl sites for hydroxylation is 1. The Kier molecular flexibility index (Phi) is 3.68. The van der Waals surface area contributed by atoms with Crippen molar-refractivity contribution < 1.29 is 9.47 Å². The molecule has 4 heteroatoms. The normalized spacial score (nSPS) is 16.3. The van der Waals surface area contributed by atoms with Gasteiger partial charge in [-0.05, 0) is 41.8 Å². The summed E-state index contributed by atoms with van der Waals surface area (Å²) in [5, 5.41) is 4.39. The van der Waals surface area contributed by atoms with Gasteiger partial charge in [-0.3, -0.25) is 0 Å². The van der Waals surface area contributed by atoms with Gasteiger partial charge >= 0.3 is 0 Å². The fourth-order valence-corrected chi connectivity index (χ4v) is 3.07. The number of benzene rings is 2. The van der Waals surface area contributed by atoms with Crippen LogP contribution in [0.25, 0.3) is 0 Å². The highest BCUT2D eigenvalue weighted by atomic mass is 35.5. The number of methoxy groups -OCH3 is 2. The summed E-state index contributed by atoms with van der Waals surface area (Å²) in [6, 6.07) is 10.2. The quantitative estimate of drug-likeness (QED) is 0.913. The van der Waals surface area contributed by atoms with Crippen LogP contribution in [0.15, 0.2) is 30.3 Å². The molecule has 110 valence electrons. The van der Waals surface area contributed by atoms with Gasteiger partial charge in [0.2, 0.25) is 0 Å². The second kappa shape index (κ2) is 5.49. The van der Waals surface area contributed by atoms with Gasteiger partial charge in [-0.2, -0.15) is 0 Å². The van der Waals surface area contributed by atoms with Gasteiger partial charge in [0.1, 0.15) is 0 Å². The molecular weight excluding hydrogens is 286 g/mol. The summed E-state index contributed by atoms with van der Waals surface area (Å²) in [6.07, 6.45) is 0.880. The van der Waals surface area contributed by atoms with Crippen LogP contribution in [0.5, 0.6) is 11.5 Å². The molecule has 0 aliphatic carbocycles. The first-order valence-electron chi connectivity index (χ1n) is 6.90. The van der Waals surface area contributed by atoms with E-state index in [1.54, 1.807) is 14.2 Å². The smallest absolute Gasteiger partial charge is 0.161 e. The Hall–Kier alpha value is -1.87. The Morgan fingerprint density at radius 1 is 1.10 bits per heavy atom. The van der Waals surface area contributed by atoms with Crippen LogP contribution in [0, 0.1) is 6.92 Å². The van der Waals surface area contributed by atoms with Crippen molar-refractivity contribution in [2.45, 2.75) is 19.4 Å². The minimum atomic E-state index is 0.207. The molecule has 0 bridgehead atoms. The lowest BCUT2D eigenvalue weighted by atomic mass is 10.0. The molecule has 0 aromatic heterocycles. The standard InChI is InChI=1S/C17H18ClNO2/c1-10-4-6-13(18)12-9-14(19-17(10)12)11-5-7-15(20-2)16(8-11)21-3/h4-8,14,19H,9H2,1-3H3. The molecule has 3 rings (SSSR count). The maximum absolute atomic E-state index is 6.32. The number of rotatable bonds is 3. The summed E-state index contributed by atoms with van der Waals surface area (Å²) in [7, 11) is 3.30. The van der Waals surface area contributed by atoms with Crippen molar-refractivity contribution in [3.8, 4) is 11.5 Å². The van der Waals surface area contributed by atoms with Crippen LogP contribution >= 0.6 is 11.6 Å². The fraction of sp³-hybridized carbons (Fsp3) is 0.294. The monoisotopic (exact) mass is 303 g/mol. The van der Waals surface area contributed by atoms with Gasteiger partial charge in [-0.15, -0.1) is 0 Å². The zero-order valence-electron chi connectivity index (χ0n) is 12.4. The number of hydrogen-bond acceptors (Lipinski definition) is 3. The zero-order chi connectivity index (χ0) is 15.0. The average Bonchev–Trinajstić information content (AvgIpc) is 2.97. The van der Waals surface area contributed by atoms with Crippen molar-refractivity contribution in [3.05, 3.63) is 52.0 Å². The van der Waals surface area contributed by atoms with Crippen LogP contribution in [0.1, 0.15) is 22.7 Å². The molecule has 1 heterocycles. The van der Waals surface area contributed by atoms with E-state index >= 15 is 0 Å². The zero-order valence-corrected chi connectivity index (χ0v) is 13.1. The van der Waals surface area contributed by atoms with Gasteiger partial charge < -0.3 is 14.8 Å². The highest BCUT2D eigenvalue weighted by Crippen LogP contribution is 2.41. The summed E-state index contributed by atoms with van der Waals surface area (Å²) < 4.78 is 10.7. The summed E-state index contributed by atoms with van der Waals surface area (Å²) in [6.45, 7) is 2.10. The van der Waals surface area contributed by atoms with Crippen molar-refractivity contribution in [2.24, 2.45) is 0 Å². The van der Waals surface area contributed by atoms with Gasteiger partial charge in [0.05, 0.1) is 20.3 Å². The van der Waals surface area contributed by atoms with E-state index in [1.807, 2.05) is 24.3 Å². The lowest BCUT2D eigenvalue weighted by molar-refractivity contribution is 0.354. The van der Waals surface area contributed by atoms with Crippen molar-refractivity contribution in [1.82, 2.24) is 0 Å². The largest absolute Gasteiger partial charge is 0.493 e. The van der Waals surface area contributed by atoms with Gasteiger partial charge in [-0.25, -0.2) is 0 Å². The van der Waals surface area contributed by atoms with E-state index in [-0.39, 0.29) is 6.04 Å². The highest BCUT2D eigenvalue weighted by Gasteiger charge is 2.26. The first-order chi connectivity index (χ1) is 10.1. The Labute approximate surface area is 129 Å². The topological polar surface area (TPSA) is 30.5 Å². The Morgan fingerprint density at radius 3 is 2.52 bits per heavy atom. The summed E-state index contributed by atoms with van der Waals surface area (Å²) in [5.74, 6) is 1.49. The van der Waals surface area contributed by atoms with E-state index in [2.05, 4.69) is 18.3 Å². The Bertz CT molecular complexity index is 654. The summed E-state index contributed by atoms with van der Waals surface area (Å²) >= 11 is 6.32. The maximum Gasteiger partial charge on any atom is 0.161 e. The van der Waals surface area contributed by atoms with E-state index in [1.165, 1.54) is 16.7 Å². The van der Waals surface area contributed by atoms with Gasteiger partial charge in [0, 0.05) is 17.1 Å². The van der Waals surface area contributed by atoms with Gasteiger partial charge in [-0.1, -0.05) is 23.7 Å².